The third-order valence-electron chi connectivity index (χ3n) is 5.24. The molecule has 184 valence electrons. The topological polar surface area (TPSA) is 91.0 Å². The smallest absolute Gasteiger partial charge is 0.333 e. The normalized spacial score (nSPS) is 15.0. The van der Waals surface area contributed by atoms with Gasteiger partial charge in [-0.2, -0.15) is 0 Å². The van der Waals surface area contributed by atoms with Crippen molar-refractivity contribution < 1.29 is 23.5 Å². The molecule has 0 atom stereocenters. The van der Waals surface area contributed by atoms with E-state index in [4.69, 9.17) is 37.1 Å². The summed E-state index contributed by atoms with van der Waals surface area (Å²) in [5.74, 6) is 0.0723. The van der Waals surface area contributed by atoms with E-state index in [0.717, 1.165) is 11.3 Å². The van der Waals surface area contributed by atoms with Gasteiger partial charge >= 0.3 is 5.97 Å². The number of thiazole rings is 1. The van der Waals surface area contributed by atoms with Crippen LogP contribution in [-0.2, 0) is 25.6 Å². The third-order valence-corrected chi connectivity index (χ3v) is 7.12. The first-order chi connectivity index (χ1) is 16.9. The molecule has 3 aromatic rings. The predicted molar refractivity (Wildman–Crippen MR) is 134 cm³/mol. The molecule has 1 aliphatic heterocycles. The number of aromatic nitrogens is 1. The number of benzene rings is 1. The lowest BCUT2D eigenvalue weighted by molar-refractivity contribution is -0.136. The van der Waals surface area contributed by atoms with Gasteiger partial charge in [-0.25, -0.2) is 4.79 Å². The number of esters is 1. The fourth-order valence-corrected chi connectivity index (χ4v) is 4.93. The quantitative estimate of drug-likeness (QED) is 0.449. The Balaban J connectivity index is 1.72. The minimum atomic E-state index is -0.594. The molecular weight excluding hydrogens is 515 g/mol. The minimum absolute atomic E-state index is 0.192. The Hall–Kier alpha value is -2.85. The van der Waals surface area contributed by atoms with E-state index in [1.807, 2.05) is 0 Å². The molecule has 1 fully saturated rings. The van der Waals surface area contributed by atoms with Crippen molar-refractivity contribution in [3.8, 4) is 11.3 Å². The lowest BCUT2D eigenvalue weighted by Gasteiger charge is -2.26. The Kier molecular flexibility index (Phi) is 8.12. The van der Waals surface area contributed by atoms with Crippen molar-refractivity contribution in [3.05, 3.63) is 65.7 Å². The largest absolute Gasteiger partial charge is 0.463 e. The first-order valence-electron chi connectivity index (χ1n) is 10.9. The van der Waals surface area contributed by atoms with Crippen LogP contribution in [0.15, 0.2) is 39.5 Å². The minimum Gasteiger partial charge on any atom is -0.463 e. The number of halogens is 2. The highest BCUT2D eigenvalue weighted by Crippen LogP contribution is 2.34. The molecule has 1 amide bonds. The van der Waals surface area contributed by atoms with Crippen LogP contribution >= 0.6 is 34.5 Å². The molecule has 1 saturated heterocycles. The van der Waals surface area contributed by atoms with Gasteiger partial charge in [-0.15, -0.1) is 11.3 Å². The molecule has 0 aliphatic carbocycles. The maximum atomic E-state index is 13.2. The lowest BCUT2D eigenvalue weighted by Crippen LogP contribution is -2.45. The number of carbonyl (C=O) groups is 2. The van der Waals surface area contributed by atoms with Crippen LogP contribution in [0.5, 0.6) is 0 Å². The highest BCUT2D eigenvalue weighted by molar-refractivity contribution is 7.07. The van der Waals surface area contributed by atoms with Gasteiger partial charge in [-0.05, 0) is 31.2 Å². The van der Waals surface area contributed by atoms with Gasteiger partial charge in [0.25, 0.3) is 5.56 Å². The highest BCUT2D eigenvalue weighted by Gasteiger charge is 2.19. The number of rotatable bonds is 6. The number of hydrogen-bond acceptors (Lipinski definition) is 7. The van der Waals surface area contributed by atoms with Crippen molar-refractivity contribution in [1.82, 2.24) is 9.47 Å². The van der Waals surface area contributed by atoms with Crippen molar-refractivity contribution >= 4 is 58.6 Å². The molecule has 0 unspecified atom stereocenters. The molecule has 1 aliphatic rings. The van der Waals surface area contributed by atoms with Gasteiger partial charge in [0, 0.05) is 24.7 Å². The van der Waals surface area contributed by atoms with Crippen molar-refractivity contribution in [2.24, 2.45) is 0 Å². The van der Waals surface area contributed by atoms with E-state index >= 15 is 0 Å². The molecule has 0 spiro atoms. The van der Waals surface area contributed by atoms with E-state index in [9.17, 15) is 14.4 Å². The molecule has 35 heavy (non-hydrogen) atoms. The molecule has 0 bridgehead atoms. The number of nitrogens with zero attached hydrogens (tertiary/aromatic N) is 2. The molecule has 1 aromatic carbocycles. The zero-order valence-corrected chi connectivity index (χ0v) is 21.1. The van der Waals surface area contributed by atoms with E-state index < -0.39 is 11.5 Å². The lowest BCUT2D eigenvalue weighted by atomic mass is 10.2. The van der Waals surface area contributed by atoms with Crippen molar-refractivity contribution in [3.63, 3.8) is 0 Å². The zero-order valence-electron chi connectivity index (χ0n) is 18.8. The van der Waals surface area contributed by atoms with Gasteiger partial charge in [-0.3, -0.25) is 14.2 Å². The summed E-state index contributed by atoms with van der Waals surface area (Å²) in [4.78, 5) is 39.8. The van der Waals surface area contributed by atoms with Gasteiger partial charge in [0.2, 0.25) is 5.91 Å². The Morgan fingerprint density at radius 1 is 1.17 bits per heavy atom. The van der Waals surface area contributed by atoms with Gasteiger partial charge in [0.05, 0.1) is 40.5 Å². The highest BCUT2D eigenvalue weighted by atomic mass is 35.5. The molecule has 0 radical (unpaired) electrons. The second kappa shape index (κ2) is 11.3. The Morgan fingerprint density at radius 3 is 2.69 bits per heavy atom. The number of hydrogen-bond donors (Lipinski definition) is 0. The number of carbonyl (C=O) groups excluding carboxylic acids is 2. The monoisotopic (exact) mass is 536 g/mol. The Morgan fingerprint density at radius 2 is 1.94 bits per heavy atom. The van der Waals surface area contributed by atoms with Crippen LogP contribution in [0, 0.1) is 0 Å². The molecule has 0 saturated carbocycles. The molecule has 3 heterocycles. The third kappa shape index (κ3) is 5.87. The van der Waals surface area contributed by atoms with Crippen LogP contribution in [-0.4, -0.2) is 54.3 Å². The summed E-state index contributed by atoms with van der Waals surface area (Å²) in [7, 11) is 0. The van der Waals surface area contributed by atoms with Crippen LogP contribution in [0.1, 0.15) is 12.7 Å². The van der Waals surface area contributed by atoms with Crippen molar-refractivity contribution in [2.45, 2.75) is 13.5 Å². The fraction of sp³-hybridized carbons (Fsp3) is 0.292. The Bertz CT molecular complexity index is 1420. The molecule has 11 heteroatoms. The number of furan rings is 1. The summed E-state index contributed by atoms with van der Waals surface area (Å²) in [5, 5.41) is 0.762. The molecule has 4 rings (SSSR count). The summed E-state index contributed by atoms with van der Waals surface area (Å²) >= 11 is 13.5. The van der Waals surface area contributed by atoms with Crippen LogP contribution in [0.4, 0.5) is 0 Å². The molecule has 8 nitrogen and oxygen atoms in total. The molecular formula is C24H22Cl2N2O6S. The first-order valence-corrected chi connectivity index (χ1v) is 12.4. The zero-order chi connectivity index (χ0) is 24.9. The second-order valence-electron chi connectivity index (χ2n) is 7.53. The summed E-state index contributed by atoms with van der Waals surface area (Å²) in [6.07, 6.45) is 2.78. The predicted octanol–water partition coefficient (Wildman–Crippen LogP) is 2.51. The summed E-state index contributed by atoms with van der Waals surface area (Å²) in [6, 6.07) is 8.64. The van der Waals surface area contributed by atoms with Crippen LogP contribution in [0.25, 0.3) is 23.5 Å². The average Bonchev–Trinajstić information content (AvgIpc) is 3.42. The van der Waals surface area contributed by atoms with Gasteiger partial charge in [0.15, 0.2) is 0 Å². The SMILES string of the molecule is CCOC(=O)/C=c1/s/c(=C\c2ccc(-c3cccc(Cl)c3Cl)o2)c(=O)n1CC(=O)N1CCOCC1. The van der Waals surface area contributed by atoms with Crippen LogP contribution < -0.4 is 14.8 Å². The van der Waals surface area contributed by atoms with E-state index in [1.165, 1.54) is 10.6 Å². The fourth-order valence-electron chi connectivity index (χ4n) is 3.52. The Labute approximate surface area is 214 Å². The average molecular weight is 537 g/mol. The van der Waals surface area contributed by atoms with Crippen molar-refractivity contribution in [1.29, 1.82) is 0 Å². The second-order valence-corrected chi connectivity index (χ2v) is 9.38. The van der Waals surface area contributed by atoms with E-state index in [0.29, 0.717) is 62.6 Å². The maximum Gasteiger partial charge on any atom is 0.333 e. The van der Waals surface area contributed by atoms with Gasteiger partial charge in [0.1, 0.15) is 22.7 Å². The molecule has 0 N–H and O–H groups in total. The summed E-state index contributed by atoms with van der Waals surface area (Å²) in [5.41, 5.74) is 0.209. The first kappa shape index (κ1) is 25.2. The molecule has 2 aromatic heterocycles. The standard InChI is InChI=1S/C24H22Cl2N2O6S/c1-2-33-22(30)13-21-28(14-20(29)27-8-10-32-11-9-27)24(31)19(35-21)12-15-6-7-18(34-15)16-4-3-5-17(25)23(16)26/h3-7,12-13H,2,8-11,14H2,1H3/b19-12-,21-13+. The van der Waals surface area contributed by atoms with E-state index in [2.05, 4.69) is 0 Å². The van der Waals surface area contributed by atoms with E-state index in [1.54, 1.807) is 48.2 Å². The number of morpholine rings is 1. The van der Waals surface area contributed by atoms with Gasteiger partial charge in [-0.1, -0.05) is 29.3 Å². The maximum absolute atomic E-state index is 13.2. The van der Waals surface area contributed by atoms with Gasteiger partial charge < -0.3 is 18.8 Å². The number of ether oxygens (including phenoxy) is 2. The number of amides is 1. The van der Waals surface area contributed by atoms with Crippen LogP contribution in [0.3, 0.4) is 0 Å². The van der Waals surface area contributed by atoms with Crippen molar-refractivity contribution in [2.75, 3.05) is 32.9 Å². The summed E-state index contributed by atoms with van der Waals surface area (Å²) < 4.78 is 18.1. The summed E-state index contributed by atoms with van der Waals surface area (Å²) in [6.45, 7) is 3.48. The van der Waals surface area contributed by atoms with E-state index in [-0.39, 0.29) is 19.1 Å². The van der Waals surface area contributed by atoms with Crippen LogP contribution in [0.2, 0.25) is 10.0 Å².